The summed E-state index contributed by atoms with van der Waals surface area (Å²) in [6, 6.07) is 4.09. The Bertz CT molecular complexity index is 463. The first-order chi connectivity index (χ1) is 8.42. The minimum Gasteiger partial charge on any atom is -0.366 e. The van der Waals surface area contributed by atoms with Gasteiger partial charge in [-0.2, -0.15) is 4.98 Å². The van der Waals surface area contributed by atoms with Crippen LogP contribution in [-0.2, 0) is 11.2 Å². The average Bonchev–Trinajstić information content (AvgIpc) is 3.02. The molecule has 1 fully saturated rings. The third-order valence-electron chi connectivity index (χ3n) is 2.60. The van der Waals surface area contributed by atoms with E-state index in [1.54, 1.807) is 11.3 Å². The second-order valence-electron chi connectivity index (χ2n) is 3.87. The number of aromatic nitrogens is 2. The van der Waals surface area contributed by atoms with E-state index in [2.05, 4.69) is 21.5 Å². The van der Waals surface area contributed by atoms with Gasteiger partial charge in [-0.1, -0.05) is 11.2 Å². The standard InChI is InChI=1S/C11H13N3O2S/c1-2-8(17-5-1)6-10-13-11(16-14-10)9-7-12-3-4-15-9/h1-2,5,9,12H,3-4,6-7H2/t9-/m0/s1. The summed E-state index contributed by atoms with van der Waals surface area (Å²) >= 11 is 1.70. The molecule has 6 heteroatoms. The first-order valence-corrected chi connectivity index (χ1v) is 6.47. The van der Waals surface area contributed by atoms with E-state index in [1.807, 2.05) is 11.4 Å². The molecular formula is C11H13N3O2S. The molecule has 0 bridgehead atoms. The highest BCUT2D eigenvalue weighted by molar-refractivity contribution is 7.09. The Morgan fingerprint density at radius 2 is 2.53 bits per heavy atom. The maximum Gasteiger partial charge on any atom is 0.257 e. The molecule has 1 N–H and O–H groups in total. The van der Waals surface area contributed by atoms with Gasteiger partial charge >= 0.3 is 0 Å². The molecule has 1 aliphatic rings. The van der Waals surface area contributed by atoms with Gasteiger partial charge in [0.15, 0.2) is 5.82 Å². The largest absolute Gasteiger partial charge is 0.366 e. The number of nitrogens with one attached hydrogen (secondary N) is 1. The zero-order valence-corrected chi connectivity index (χ0v) is 10.1. The Morgan fingerprint density at radius 3 is 3.29 bits per heavy atom. The number of nitrogens with zero attached hydrogens (tertiary/aromatic N) is 2. The molecule has 0 saturated carbocycles. The van der Waals surface area contributed by atoms with Crippen molar-refractivity contribution in [2.24, 2.45) is 0 Å². The van der Waals surface area contributed by atoms with Gasteiger partial charge in [-0.15, -0.1) is 11.3 Å². The van der Waals surface area contributed by atoms with Gasteiger partial charge in [-0.05, 0) is 11.4 Å². The van der Waals surface area contributed by atoms with Gasteiger partial charge in [0.2, 0.25) is 0 Å². The average molecular weight is 251 g/mol. The minimum atomic E-state index is -0.103. The van der Waals surface area contributed by atoms with Crippen molar-refractivity contribution in [1.29, 1.82) is 0 Å². The van der Waals surface area contributed by atoms with Crippen LogP contribution in [-0.4, -0.2) is 29.8 Å². The molecule has 90 valence electrons. The minimum absolute atomic E-state index is 0.103. The highest BCUT2D eigenvalue weighted by Crippen LogP contribution is 2.18. The Labute approximate surface area is 103 Å². The van der Waals surface area contributed by atoms with Crippen molar-refractivity contribution < 1.29 is 9.26 Å². The molecule has 3 heterocycles. The topological polar surface area (TPSA) is 60.2 Å². The zero-order chi connectivity index (χ0) is 11.5. The van der Waals surface area contributed by atoms with Gasteiger partial charge in [-0.25, -0.2) is 0 Å². The van der Waals surface area contributed by atoms with E-state index in [9.17, 15) is 0 Å². The van der Waals surface area contributed by atoms with Crippen LogP contribution in [0.4, 0.5) is 0 Å². The fourth-order valence-electron chi connectivity index (χ4n) is 1.76. The van der Waals surface area contributed by atoms with Crippen molar-refractivity contribution in [2.45, 2.75) is 12.5 Å². The smallest absolute Gasteiger partial charge is 0.257 e. The molecular weight excluding hydrogens is 238 g/mol. The molecule has 1 atom stereocenters. The van der Waals surface area contributed by atoms with E-state index in [0.29, 0.717) is 12.5 Å². The molecule has 0 aromatic carbocycles. The highest BCUT2D eigenvalue weighted by Gasteiger charge is 2.22. The van der Waals surface area contributed by atoms with E-state index < -0.39 is 0 Å². The van der Waals surface area contributed by atoms with Crippen LogP contribution < -0.4 is 5.32 Å². The quantitative estimate of drug-likeness (QED) is 0.893. The van der Waals surface area contributed by atoms with Crippen LogP contribution in [0.3, 0.4) is 0 Å². The van der Waals surface area contributed by atoms with Crippen LogP contribution in [0.25, 0.3) is 0 Å². The maximum atomic E-state index is 5.56. The molecule has 3 rings (SSSR count). The van der Waals surface area contributed by atoms with Crippen molar-refractivity contribution in [3.05, 3.63) is 34.1 Å². The van der Waals surface area contributed by atoms with Crippen molar-refractivity contribution in [3.8, 4) is 0 Å². The number of morpholine rings is 1. The molecule has 0 radical (unpaired) electrons. The molecule has 0 spiro atoms. The maximum absolute atomic E-state index is 5.56. The Kier molecular flexibility index (Phi) is 3.17. The third-order valence-corrected chi connectivity index (χ3v) is 3.48. The van der Waals surface area contributed by atoms with E-state index in [-0.39, 0.29) is 6.10 Å². The Hall–Kier alpha value is -1.24. The number of ether oxygens (including phenoxy) is 1. The zero-order valence-electron chi connectivity index (χ0n) is 9.26. The van der Waals surface area contributed by atoms with Crippen molar-refractivity contribution in [3.63, 3.8) is 0 Å². The number of rotatable bonds is 3. The molecule has 2 aromatic heterocycles. The molecule has 17 heavy (non-hydrogen) atoms. The van der Waals surface area contributed by atoms with E-state index in [1.165, 1.54) is 4.88 Å². The summed E-state index contributed by atoms with van der Waals surface area (Å²) in [5.41, 5.74) is 0. The predicted molar refractivity (Wildman–Crippen MR) is 63.0 cm³/mol. The summed E-state index contributed by atoms with van der Waals surface area (Å²) in [5, 5.41) is 9.26. The van der Waals surface area contributed by atoms with Gasteiger partial charge in [0.25, 0.3) is 5.89 Å². The summed E-state index contributed by atoms with van der Waals surface area (Å²) in [4.78, 5) is 5.61. The number of hydrogen-bond acceptors (Lipinski definition) is 6. The molecule has 1 aliphatic heterocycles. The predicted octanol–water partition coefficient (Wildman–Crippen LogP) is 1.38. The van der Waals surface area contributed by atoms with Crippen LogP contribution in [0.2, 0.25) is 0 Å². The lowest BCUT2D eigenvalue weighted by Gasteiger charge is -2.19. The van der Waals surface area contributed by atoms with E-state index in [4.69, 9.17) is 9.26 Å². The van der Waals surface area contributed by atoms with Gasteiger partial charge in [-0.3, -0.25) is 0 Å². The second-order valence-corrected chi connectivity index (χ2v) is 4.90. The molecule has 0 amide bonds. The van der Waals surface area contributed by atoms with E-state index >= 15 is 0 Å². The molecule has 0 aliphatic carbocycles. The van der Waals surface area contributed by atoms with Crippen molar-refractivity contribution in [2.75, 3.05) is 19.7 Å². The van der Waals surface area contributed by atoms with Crippen molar-refractivity contribution in [1.82, 2.24) is 15.5 Å². The van der Waals surface area contributed by atoms with Crippen molar-refractivity contribution >= 4 is 11.3 Å². The van der Waals surface area contributed by atoms with Gasteiger partial charge in [0.1, 0.15) is 6.10 Å². The summed E-state index contributed by atoms with van der Waals surface area (Å²) in [5.74, 6) is 1.29. The van der Waals surface area contributed by atoms with Crippen LogP contribution >= 0.6 is 11.3 Å². The highest BCUT2D eigenvalue weighted by atomic mass is 32.1. The summed E-state index contributed by atoms with van der Waals surface area (Å²) in [7, 11) is 0. The first-order valence-electron chi connectivity index (χ1n) is 5.59. The fraction of sp³-hybridized carbons (Fsp3) is 0.455. The lowest BCUT2D eigenvalue weighted by atomic mass is 10.3. The van der Waals surface area contributed by atoms with Gasteiger partial charge in [0.05, 0.1) is 6.61 Å². The van der Waals surface area contributed by atoms with Crippen LogP contribution in [0.15, 0.2) is 22.0 Å². The number of hydrogen-bond donors (Lipinski definition) is 1. The second kappa shape index (κ2) is 4.95. The summed E-state index contributed by atoms with van der Waals surface area (Å²) < 4.78 is 10.8. The molecule has 0 unspecified atom stereocenters. The van der Waals surface area contributed by atoms with Crippen LogP contribution in [0.1, 0.15) is 22.7 Å². The molecule has 1 saturated heterocycles. The monoisotopic (exact) mass is 251 g/mol. The number of thiophene rings is 1. The summed E-state index contributed by atoms with van der Waals surface area (Å²) in [6.07, 6.45) is 0.620. The fourth-order valence-corrected chi connectivity index (χ4v) is 2.46. The van der Waals surface area contributed by atoms with Gasteiger partial charge in [0, 0.05) is 24.4 Å². The van der Waals surface area contributed by atoms with Crippen LogP contribution in [0.5, 0.6) is 0 Å². The Balaban J connectivity index is 1.69. The SMILES string of the molecule is c1csc(Cc2noc([C@@H]3CNCCO3)n2)c1. The van der Waals surface area contributed by atoms with Gasteiger partial charge < -0.3 is 14.6 Å². The normalized spacial score (nSPS) is 20.6. The third kappa shape index (κ3) is 2.54. The van der Waals surface area contributed by atoms with E-state index in [0.717, 1.165) is 25.3 Å². The van der Waals surface area contributed by atoms with Crippen LogP contribution in [0, 0.1) is 0 Å². The lowest BCUT2D eigenvalue weighted by molar-refractivity contribution is 0.00755. The molecule has 5 nitrogen and oxygen atoms in total. The molecule has 2 aromatic rings. The Morgan fingerprint density at radius 1 is 1.53 bits per heavy atom. The first kappa shape index (κ1) is 10.9. The summed E-state index contributed by atoms with van der Waals surface area (Å²) in [6.45, 7) is 2.31. The lowest BCUT2D eigenvalue weighted by Crippen LogP contribution is -2.33.